The number of carbonyl (C=O) groups is 1. The molecule has 20 heavy (non-hydrogen) atoms. The molecule has 1 amide bonds. The Hall–Kier alpha value is -0.960. The van der Waals surface area contributed by atoms with Crippen molar-refractivity contribution in [3.8, 4) is 0 Å². The van der Waals surface area contributed by atoms with Crippen molar-refractivity contribution in [3.05, 3.63) is 34.1 Å². The number of nitrogens with one attached hydrogen (secondary N) is 1. The maximum atomic E-state index is 12.1. The molecule has 1 saturated carbocycles. The fraction of sp³-hybridized carbons (Fsp3) is 0.588. The van der Waals surface area contributed by atoms with Crippen molar-refractivity contribution in [3.63, 3.8) is 0 Å². The van der Waals surface area contributed by atoms with Gasteiger partial charge in [-0.2, -0.15) is 0 Å². The molecule has 0 atom stereocenters. The van der Waals surface area contributed by atoms with Crippen LogP contribution in [-0.2, 0) is 4.79 Å². The molecule has 2 nitrogen and oxygen atoms in total. The fourth-order valence-electron chi connectivity index (χ4n) is 2.22. The molecule has 0 aromatic rings. The topological polar surface area (TPSA) is 29.1 Å². The lowest BCUT2D eigenvalue weighted by Gasteiger charge is -2.27. The number of amides is 1. The molecular formula is C17H27NOS. The molecule has 0 aromatic heterocycles. The molecule has 1 N–H and O–H groups in total. The van der Waals surface area contributed by atoms with Crippen LogP contribution in [0.1, 0.15) is 53.4 Å². The first-order chi connectivity index (χ1) is 9.31. The molecule has 0 spiro atoms. The van der Waals surface area contributed by atoms with Gasteiger partial charge >= 0.3 is 0 Å². The number of hydrogen-bond acceptors (Lipinski definition) is 2. The van der Waals surface area contributed by atoms with E-state index in [0.717, 1.165) is 29.2 Å². The third-order valence-corrected chi connectivity index (χ3v) is 5.00. The highest BCUT2D eigenvalue weighted by molar-refractivity contribution is 8.07. The van der Waals surface area contributed by atoms with E-state index in [-0.39, 0.29) is 5.91 Å². The smallest absolute Gasteiger partial charge is 0.257 e. The van der Waals surface area contributed by atoms with Crippen molar-refractivity contribution in [2.75, 3.05) is 0 Å². The molecule has 112 valence electrons. The maximum Gasteiger partial charge on any atom is 0.257 e. The summed E-state index contributed by atoms with van der Waals surface area (Å²) in [5.74, 6) is 0.748. The van der Waals surface area contributed by atoms with Gasteiger partial charge in [-0.15, -0.1) is 0 Å². The van der Waals surface area contributed by atoms with Gasteiger partial charge in [0, 0.05) is 10.9 Å². The van der Waals surface area contributed by atoms with Crippen LogP contribution in [0.2, 0.25) is 0 Å². The molecule has 1 aliphatic carbocycles. The van der Waals surface area contributed by atoms with Gasteiger partial charge in [-0.1, -0.05) is 37.4 Å². The van der Waals surface area contributed by atoms with E-state index in [1.165, 1.54) is 30.2 Å². The van der Waals surface area contributed by atoms with Crippen molar-refractivity contribution in [2.45, 2.75) is 59.4 Å². The second kappa shape index (κ2) is 7.72. The lowest BCUT2D eigenvalue weighted by Crippen LogP contribution is -2.37. The Kier molecular flexibility index (Phi) is 6.60. The molecule has 3 heteroatoms. The summed E-state index contributed by atoms with van der Waals surface area (Å²) in [4.78, 5) is 13.6. The van der Waals surface area contributed by atoms with Gasteiger partial charge in [0.15, 0.2) is 0 Å². The predicted octanol–water partition coefficient (Wildman–Crippen LogP) is 4.80. The Morgan fingerprint density at radius 3 is 2.10 bits per heavy atom. The highest BCUT2D eigenvalue weighted by Gasteiger charge is 2.21. The van der Waals surface area contributed by atoms with Crippen LogP contribution in [0, 0.1) is 5.92 Å². The molecular weight excluding hydrogens is 266 g/mol. The molecule has 0 radical (unpaired) electrons. The normalized spacial score (nSPS) is 22.0. The summed E-state index contributed by atoms with van der Waals surface area (Å²) < 4.78 is 0. The van der Waals surface area contributed by atoms with E-state index in [1.54, 1.807) is 0 Å². The molecule has 0 bridgehead atoms. The van der Waals surface area contributed by atoms with Crippen molar-refractivity contribution >= 4 is 17.7 Å². The quantitative estimate of drug-likeness (QED) is 0.583. The van der Waals surface area contributed by atoms with E-state index in [0.29, 0.717) is 10.9 Å². The summed E-state index contributed by atoms with van der Waals surface area (Å²) in [6, 6.07) is 0.314. The van der Waals surface area contributed by atoms with Crippen LogP contribution in [0.3, 0.4) is 0 Å². The van der Waals surface area contributed by atoms with E-state index in [1.807, 2.05) is 20.8 Å². The molecule has 1 rings (SSSR count). The Balaban J connectivity index is 2.46. The van der Waals surface area contributed by atoms with Gasteiger partial charge in [0.25, 0.3) is 5.91 Å². The summed E-state index contributed by atoms with van der Waals surface area (Å²) >= 11 is 1.37. The van der Waals surface area contributed by atoms with Gasteiger partial charge in [-0.3, -0.25) is 4.79 Å². The lowest BCUT2D eigenvalue weighted by molar-refractivity contribution is -0.117. The Labute approximate surface area is 127 Å². The largest absolute Gasteiger partial charge is 0.349 e. The zero-order valence-corrected chi connectivity index (χ0v) is 14.0. The number of carbonyl (C=O) groups excluding carboxylic acids is 1. The summed E-state index contributed by atoms with van der Waals surface area (Å²) in [6.07, 6.45) is 4.57. The monoisotopic (exact) mass is 293 g/mol. The first kappa shape index (κ1) is 17.1. The van der Waals surface area contributed by atoms with E-state index in [2.05, 4.69) is 25.4 Å². The van der Waals surface area contributed by atoms with Crippen molar-refractivity contribution in [1.29, 1.82) is 0 Å². The van der Waals surface area contributed by atoms with Gasteiger partial charge < -0.3 is 5.32 Å². The number of hydrogen-bond donors (Lipinski definition) is 1. The average molecular weight is 293 g/mol. The second-order valence-electron chi connectivity index (χ2n) is 6.00. The van der Waals surface area contributed by atoms with Crippen molar-refractivity contribution < 1.29 is 4.79 Å². The molecule has 0 unspecified atom stereocenters. The zero-order valence-electron chi connectivity index (χ0n) is 13.2. The highest BCUT2D eigenvalue weighted by Crippen LogP contribution is 2.30. The van der Waals surface area contributed by atoms with Crippen LogP contribution in [0.4, 0.5) is 0 Å². The second-order valence-corrected chi connectivity index (χ2v) is 7.19. The third kappa shape index (κ3) is 5.20. The number of allylic oxidation sites excluding steroid dienone is 2. The lowest BCUT2D eigenvalue weighted by atomic mass is 9.87. The predicted molar refractivity (Wildman–Crippen MR) is 89.5 cm³/mol. The molecule has 1 fully saturated rings. The Bertz CT molecular complexity index is 424. The van der Waals surface area contributed by atoms with Gasteiger partial charge in [0.05, 0.1) is 4.91 Å². The van der Waals surface area contributed by atoms with Crippen molar-refractivity contribution in [1.82, 2.24) is 5.32 Å². The average Bonchev–Trinajstić information content (AvgIpc) is 2.40. The van der Waals surface area contributed by atoms with Crippen LogP contribution in [0.5, 0.6) is 0 Å². The van der Waals surface area contributed by atoms with Gasteiger partial charge in [0.2, 0.25) is 0 Å². The van der Waals surface area contributed by atoms with Crippen LogP contribution < -0.4 is 5.32 Å². The molecule has 0 heterocycles. The third-order valence-electron chi connectivity index (χ3n) is 4.02. The summed E-state index contributed by atoms with van der Waals surface area (Å²) in [6.45, 7) is 16.3. The summed E-state index contributed by atoms with van der Waals surface area (Å²) in [7, 11) is 0. The highest BCUT2D eigenvalue weighted by atomic mass is 32.2. The Morgan fingerprint density at radius 2 is 1.60 bits per heavy atom. The van der Waals surface area contributed by atoms with Gasteiger partial charge in [-0.25, -0.2) is 0 Å². The van der Waals surface area contributed by atoms with E-state index < -0.39 is 0 Å². The van der Waals surface area contributed by atoms with Crippen LogP contribution in [0.15, 0.2) is 34.1 Å². The minimum absolute atomic E-state index is 0.0442. The van der Waals surface area contributed by atoms with Crippen LogP contribution in [0.25, 0.3) is 0 Å². The first-order valence-electron chi connectivity index (χ1n) is 7.32. The van der Waals surface area contributed by atoms with Crippen molar-refractivity contribution in [2.24, 2.45) is 5.92 Å². The molecule has 1 aliphatic rings. The number of thioether (sulfide) groups is 1. The standard InChI is InChI=1S/C17H27NOS/c1-11(2)13(4)14(5)20-15(6)17(19)18-16-9-7-12(3)8-10-16/h12,16H,5-10H2,1-4H3,(H,18,19). The fourth-order valence-corrected chi connectivity index (χ4v) is 3.03. The number of rotatable bonds is 5. The Morgan fingerprint density at radius 1 is 1.05 bits per heavy atom. The van der Waals surface area contributed by atoms with E-state index >= 15 is 0 Å². The van der Waals surface area contributed by atoms with E-state index in [9.17, 15) is 4.79 Å². The maximum absolute atomic E-state index is 12.1. The molecule has 0 aromatic carbocycles. The summed E-state index contributed by atoms with van der Waals surface area (Å²) in [5.41, 5.74) is 2.35. The zero-order chi connectivity index (χ0) is 15.3. The van der Waals surface area contributed by atoms with Crippen LogP contribution in [-0.4, -0.2) is 11.9 Å². The van der Waals surface area contributed by atoms with Gasteiger partial charge in [-0.05, 0) is 57.9 Å². The minimum Gasteiger partial charge on any atom is -0.349 e. The first-order valence-corrected chi connectivity index (χ1v) is 8.13. The van der Waals surface area contributed by atoms with Gasteiger partial charge in [0.1, 0.15) is 0 Å². The molecule has 0 saturated heterocycles. The van der Waals surface area contributed by atoms with E-state index in [4.69, 9.17) is 0 Å². The van der Waals surface area contributed by atoms with Crippen LogP contribution >= 0.6 is 11.8 Å². The molecule has 0 aliphatic heterocycles. The minimum atomic E-state index is -0.0442. The summed E-state index contributed by atoms with van der Waals surface area (Å²) in [5, 5.41) is 3.10. The SMILES string of the molecule is C=C(SC(=C)C(C)=C(C)C)C(=O)NC1CCC(C)CC1.